The molecule has 0 atom stereocenters. The van der Waals surface area contributed by atoms with E-state index >= 15 is 0 Å². The molecule has 0 aliphatic rings. The van der Waals surface area contributed by atoms with Crippen LogP contribution in [0, 0.1) is 0 Å². The van der Waals surface area contributed by atoms with E-state index in [1.54, 1.807) is 7.05 Å². The van der Waals surface area contributed by atoms with Crippen LogP contribution in [0.15, 0.2) is 35.3 Å². The predicted octanol–water partition coefficient (Wildman–Crippen LogP) is 1.76. The second-order valence-corrected chi connectivity index (χ2v) is 4.69. The third-order valence-electron chi connectivity index (χ3n) is 2.85. The van der Waals surface area contributed by atoms with Gasteiger partial charge < -0.3 is 20.7 Å². The lowest BCUT2D eigenvalue weighted by molar-refractivity contribution is -0.120. The van der Waals surface area contributed by atoms with Gasteiger partial charge in [-0.25, -0.2) is 0 Å². The van der Waals surface area contributed by atoms with E-state index in [1.165, 1.54) is 0 Å². The van der Waals surface area contributed by atoms with Crippen molar-refractivity contribution >= 4 is 35.8 Å². The molecule has 0 aliphatic carbocycles. The number of benzene rings is 1. The van der Waals surface area contributed by atoms with E-state index < -0.39 is 0 Å². The van der Waals surface area contributed by atoms with Crippen LogP contribution < -0.4 is 20.7 Å². The number of aliphatic imine (C=N–C) groups is 1. The molecular formula is C16H27IN4O2. The van der Waals surface area contributed by atoms with Crippen molar-refractivity contribution in [3.05, 3.63) is 30.3 Å². The Labute approximate surface area is 155 Å². The molecule has 7 heteroatoms. The van der Waals surface area contributed by atoms with Crippen LogP contribution in [0.3, 0.4) is 0 Å². The molecule has 1 aromatic carbocycles. The smallest absolute Gasteiger partial charge is 0.221 e. The third kappa shape index (κ3) is 10.8. The summed E-state index contributed by atoms with van der Waals surface area (Å²) in [6.07, 6.45) is 1.38. The quantitative estimate of drug-likeness (QED) is 0.240. The van der Waals surface area contributed by atoms with Crippen molar-refractivity contribution in [2.75, 3.05) is 33.3 Å². The molecule has 1 rings (SSSR count). The van der Waals surface area contributed by atoms with Gasteiger partial charge in [0.2, 0.25) is 5.91 Å². The van der Waals surface area contributed by atoms with Gasteiger partial charge >= 0.3 is 0 Å². The summed E-state index contributed by atoms with van der Waals surface area (Å²) in [5, 5.41) is 9.07. The van der Waals surface area contributed by atoms with Gasteiger partial charge in [-0.1, -0.05) is 25.1 Å². The molecule has 0 saturated heterocycles. The normalized spacial score (nSPS) is 10.4. The van der Waals surface area contributed by atoms with Crippen LogP contribution in [0.5, 0.6) is 5.75 Å². The fourth-order valence-corrected chi connectivity index (χ4v) is 1.72. The number of nitrogens with one attached hydrogen (secondary N) is 3. The monoisotopic (exact) mass is 434 g/mol. The van der Waals surface area contributed by atoms with Crippen molar-refractivity contribution in [2.24, 2.45) is 4.99 Å². The molecule has 0 aromatic heterocycles. The van der Waals surface area contributed by atoms with E-state index in [-0.39, 0.29) is 29.9 Å². The fraction of sp³-hybridized carbons (Fsp3) is 0.500. The van der Waals surface area contributed by atoms with E-state index in [0.717, 1.165) is 18.7 Å². The first-order chi connectivity index (χ1) is 10.8. The zero-order valence-electron chi connectivity index (χ0n) is 13.8. The van der Waals surface area contributed by atoms with Gasteiger partial charge in [-0.3, -0.25) is 9.79 Å². The Morgan fingerprint density at radius 1 is 1.09 bits per heavy atom. The lowest BCUT2D eigenvalue weighted by atomic mass is 10.3. The molecule has 0 unspecified atom stereocenters. The number of hydrogen-bond acceptors (Lipinski definition) is 3. The van der Waals surface area contributed by atoms with Gasteiger partial charge in [0.05, 0.1) is 6.54 Å². The largest absolute Gasteiger partial charge is 0.492 e. The first-order valence-electron chi connectivity index (χ1n) is 7.65. The van der Waals surface area contributed by atoms with Crippen LogP contribution in [-0.4, -0.2) is 45.2 Å². The Morgan fingerprint density at radius 3 is 2.43 bits per heavy atom. The number of para-hydroxylation sites is 1. The Kier molecular flexibility index (Phi) is 13.2. The molecule has 0 heterocycles. The average Bonchev–Trinajstić information content (AvgIpc) is 2.56. The summed E-state index contributed by atoms with van der Waals surface area (Å²) < 4.78 is 5.58. The van der Waals surface area contributed by atoms with Crippen LogP contribution >= 0.6 is 24.0 Å². The van der Waals surface area contributed by atoms with Crippen LogP contribution in [0.25, 0.3) is 0 Å². The Hall–Kier alpha value is -1.51. The van der Waals surface area contributed by atoms with Gasteiger partial charge in [0.15, 0.2) is 5.96 Å². The molecule has 0 bridgehead atoms. The third-order valence-corrected chi connectivity index (χ3v) is 2.85. The van der Waals surface area contributed by atoms with Gasteiger partial charge in [0.1, 0.15) is 12.4 Å². The number of halogens is 1. The maximum atomic E-state index is 11.5. The summed E-state index contributed by atoms with van der Waals surface area (Å²) in [6, 6.07) is 9.66. The SMILES string of the molecule is CCCNC(=O)CCNC(=NC)NCCOc1ccccc1.I. The summed E-state index contributed by atoms with van der Waals surface area (Å²) in [5.74, 6) is 1.57. The van der Waals surface area contributed by atoms with Gasteiger partial charge in [-0.05, 0) is 18.6 Å². The lowest BCUT2D eigenvalue weighted by Gasteiger charge is -2.12. The number of guanidine groups is 1. The average molecular weight is 434 g/mol. The second-order valence-electron chi connectivity index (χ2n) is 4.69. The van der Waals surface area contributed by atoms with Crippen molar-refractivity contribution in [3.63, 3.8) is 0 Å². The molecule has 0 fully saturated rings. The molecule has 23 heavy (non-hydrogen) atoms. The number of nitrogens with zero attached hydrogens (tertiary/aromatic N) is 1. The maximum Gasteiger partial charge on any atom is 0.221 e. The lowest BCUT2D eigenvalue weighted by Crippen LogP contribution is -2.40. The van der Waals surface area contributed by atoms with Crippen molar-refractivity contribution in [1.82, 2.24) is 16.0 Å². The molecule has 1 amide bonds. The van der Waals surface area contributed by atoms with Gasteiger partial charge in [-0.15, -0.1) is 24.0 Å². The predicted molar refractivity (Wildman–Crippen MR) is 105 cm³/mol. The van der Waals surface area contributed by atoms with Crippen molar-refractivity contribution in [3.8, 4) is 5.75 Å². The van der Waals surface area contributed by atoms with Crippen molar-refractivity contribution < 1.29 is 9.53 Å². The molecule has 0 spiro atoms. The zero-order chi connectivity index (χ0) is 16.0. The van der Waals surface area contributed by atoms with Crippen molar-refractivity contribution in [2.45, 2.75) is 19.8 Å². The highest BCUT2D eigenvalue weighted by Gasteiger charge is 2.01. The summed E-state index contributed by atoms with van der Waals surface area (Å²) in [4.78, 5) is 15.6. The molecular weight excluding hydrogens is 407 g/mol. The van der Waals surface area contributed by atoms with E-state index in [9.17, 15) is 4.79 Å². The number of hydrogen-bond donors (Lipinski definition) is 3. The van der Waals surface area contributed by atoms with E-state index in [1.807, 2.05) is 37.3 Å². The van der Waals surface area contributed by atoms with Crippen molar-refractivity contribution in [1.29, 1.82) is 0 Å². The number of carbonyl (C=O) groups is 1. The first-order valence-corrected chi connectivity index (χ1v) is 7.65. The van der Waals surface area contributed by atoms with Gasteiger partial charge in [-0.2, -0.15) is 0 Å². The van der Waals surface area contributed by atoms with Crippen LogP contribution in [0.4, 0.5) is 0 Å². The fourth-order valence-electron chi connectivity index (χ4n) is 1.72. The van der Waals surface area contributed by atoms with Gasteiger partial charge in [0.25, 0.3) is 0 Å². The van der Waals surface area contributed by atoms with E-state index in [0.29, 0.717) is 32.1 Å². The Morgan fingerprint density at radius 2 is 1.78 bits per heavy atom. The number of amides is 1. The molecule has 0 radical (unpaired) electrons. The summed E-state index contributed by atoms with van der Waals surface area (Å²) in [6.45, 7) is 4.48. The minimum atomic E-state index is 0. The molecule has 0 aliphatic heterocycles. The molecule has 3 N–H and O–H groups in total. The topological polar surface area (TPSA) is 74.8 Å². The molecule has 0 saturated carbocycles. The number of carbonyl (C=O) groups excluding carboxylic acids is 1. The highest BCUT2D eigenvalue weighted by atomic mass is 127. The first kappa shape index (κ1) is 21.5. The second kappa shape index (κ2) is 14.1. The summed E-state index contributed by atoms with van der Waals surface area (Å²) in [5.41, 5.74) is 0. The van der Waals surface area contributed by atoms with Gasteiger partial charge in [0, 0.05) is 26.6 Å². The van der Waals surface area contributed by atoms with E-state index in [4.69, 9.17) is 4.74 Å². The maximum absolute atomic E-state index is 11.5. The minimum Gasteiger partial charge on any atom is -0.492 e. The van der Waals surface area contributed by atoms with Crippen LogP contribution in [0.2, 0.25) is 0 Å². The standard InChI is InChI=1S/C16H26N4O2.HI/c1-3-10-18-15(21)9-11-19-16(17-2)20-12-13-22-14-7-5-4-6-8-14;/h4-8H,3,9-13H2,1-2H3,(H,18,21)(H2,17,19,20);1H. The highest BCUT2D eigenvalue weighted by molar-refractivity contribution is 14.0. The number of ether oxygens (including phenoxy) is 1. The summed E-state index contributed by atoms with van der Waals surface area (Å²) >= 11 is 0. The van der Waals surface area contributed by atoms with Crippen LogP contribution in [-0.2, 0) is 4.79 Å². The summed E-state index contributed by atoms with van der Waals surface area (Å²) in [7, 11) is 1.70. The molecule has 130 valence electrons. The van der Waals surface area contributed by atoms with E-state index in [2.05, 4.69) is 20.9 Å². The Balaban J connectivity index is 0.00000484. The Bertz CT molecular complexity index is 455. The zero-order valence-corrected chi connectivity index (χ0v) is 16.1. The number of rotatable bonds is 9. The van der Waals surface area contributed by atoms with Crippen LogP contribution in [0.1, 0.15) is 19.8 Å². The molecule has 6 nitrogen and oxygen atoms in total. The minimum absolute atomic E-state index is 0. The molecule has 1 aromatic rings. The highest BCUT2D eigenvalue weighted by Crippen LogP contribution is 2.07.